The molecule has 0 fully saturated rings. The van der Waals surface area contributed by atoms with Crippen molar-refractivity contribution in [2.45, 2.75) is 6.92 Å². The van der Waals surface area contributed by atoms with Gasteiger partial charge < -0.3 is 4.74 Å². The normalized spacial score (nSPS) is 10.2. The van der Waals surface area contributed by atoms with Crippen molar-refractivity contribution in [1.82, 2.24) is 0 Å². The summed E-state index contributed by atoms with van der Waals surface area (Å²) in [4.78, 5) is 34.3. The Hall–Kier alpha value is -2.54. The summed E-state index contributed by atoms with van der Waals surface area (Å²) in [6.07, 6.45) is 0. The lowest BCUT2D eigenvalue weighted by Crippen LogP contribution is -2.15. The average molecular weight is 378 g/mol. The van der Waals surface area contributed by atoms with Crippen molar-refractivity contribution < 1.29 is 19.2 Å². The van der Waals surface area contributed by atoms with Gasteiger partial charge in [-0.3, -0.25) is 14.9 Å². The summed E-state index contributed by atoms with van der Waals surface area (Å²) in [6.45, 7) is 1.03. The summed E-state index contributed by atoms with van der Waals surface area (Å²) in [5, 5.41) is 10.9. The Kier molecular flexibility index (Phi) is 5.23. The lowest BCUT2D eigenvalue weighted by atomic mass is 10.1. The van der Waals surface area contributed by atoms with Crippen LogP contribution in [0.25, 0.3) is 0 Å². The van der Waals surface area contributed by atoms with Gasteiger partial charge in [-0.05, 0) is 25.1 Å². The molecular formula is C16H12BrNO5. The number of rotatable bonds is 5. The number of ether oxygens (including phenoxy) is 1. The Morgan fingerprint density at radius 2 is 1.91 bits per heavy atom. The summed E-state index contributed by atoms with van der Waals surface area (Å²) in [5.74, 6) is -1.13. The van der Waals surface area contributed by atoms with E-state index < -0.39 is 17.5 Å². The first-order chi connectivity index (χ1) is 10.9. The highest BCUT2D eigenvalue weighted by molar-refractivity contribution is 9.10. The van der Waals surface area contributed by atoms with E-state index in [1.54, 1.807) is 24.3 Å². The first-order valence-corrected chi connectivity index (χ1v) is 7.39. The molecule has 0 bridgehead atoms. The molecule has 0 heterocycles. The van der Waals surface area contributed by atoms with Crippen LogP contribution in [-0.2, 0) is 4.74 Å². The molecule has 0 N–H and O–H groups in total. The molecule has 2 rings (SSSR count). The van der Waals surface area contributed by atoms with Crippen LogP contribution in [-0.4, -0.2) is 23.3 Å². The van der Waals surface area contributed by atoms with Gasteiger partial charge in [-0.2, -0.15) is 0 Å². The Labute approximate surface area is 140 Å². The summed E-state index contributed by atoms with van der Waals surface area (Å²) < 4.78 is 5.71. The lowest BCUT2D eigenvalue weighted by molar-refractivity contribution is -0.385. The van der Waals surface area contributed by atoms with Crippen molar-refractivity contribution in [1.29, 1.82) is 0 Å². The third-order valence-electron chi connectivity index (χ3n) is 3.20. The van der Waals surface area contributed by atoms with Gasteiger partial charge in [0, 0.05) is 21.7 Å². The topological polar surface area (TPSA) is 86.5 Å². The number of halogens is 1. The fourth-order valence-electron chi connectivity index (χ4n) is 2.00. The van der Waals surface area contributed by atoms with E-state index >= 15 is 0 Å². The average Bonchev–Trinajstić information content (AvgIpc) is 2.52. The van der Waals surface area contributed by atoms with Gasteiger partial charge in [0.2, 0.25) is 0 Å². The summed E-state index contributed by atoms with van der Waals surface area (Å²) >= 11 is 3.25. The number of nitro benzene ring substituents is 1. The van der Waals surface area contributed by atoms with Crippen LogP contribution in [0.2, 0.25) is 0 Å². The third kappa shape index (κ3) is 4.01. The molecule has 0 amide bonds. The molecule has 0 atom stereocenters. The van der Waals surface area contributed by atoms with Gasteiger partial charge in [-0.1, -0.05) is 34.1 Å². The molecule has 0 aliphatic heterocycles. The zero-order chi connectivity index (χ0) is 17.0. The number of nitro groups is 1. The monoisotopic (exact) mass is 377 g/mol. The number of hydrogen-bond acceptors (Lipinski definition) is 5. The molecule has 118 valence electrons. The van der Waals surface area contributed by atoms with Gasteiger partial charge in [0.15, 0.2) is 12.4 Å². The Morgan fingerprint density at radius 3 is 2.57 bits per heavy atom. The quantitative estimate of drug-likeness (QED) is 0.343. The fraction of sp³-hybridized carbons (Fsp3) is 0.125. The maximum Gasteiger partial charge on any atom is 0.339 e. The third-order valence-corrected chi connectivity index (χ3v) is 3.70. The maximum absolute atomic E-state index is 12.0. The number of esters is 1. The largest absolute Gasteiger partial charge is 0.454 e. The summed E-state index contributed by atoms with van der Waals surface area (Å²) in [5.41, 5.74) is 0.513. The van der Waals surface area contributed by atoms with Gasteiger partial charge in [-0.25, -0.2) is 4.79 Å². The van der Waals surface area contributed by atoms with Crippen molar-refractivity contribution in [3.8, 4) is 0 Å². The standard InChI is InChI=1S/C16H12BrNO5/c1-10-13(6-3-7-14(10)18(21)22)16(20)23-9-15(19)11-4-2-5-12(17)8-11/h2-8H,9H2,1H3. The molecule has 0 saturated heterocycles. The molecule has 2 aromatic rings. The molecule has 6 nitrogen and oxygen atoms in total. The maximum atomic E-state index is 12.0. The number of carbonyl (C=O) groups excluding carboxylic acids is 2. The van der Waals surface area contributed by atoms with Gasteiger partial charge in [0.1, 0.15) is 0 Å². The molecule has 0 unspecified atom stereocenters. The smallest absolute Gasteiger partial charge is 0.339 e. The second kappa shape index (κ2) is 7.15. The van der Waals surface area contributed by atoms with Crippen LogP contribution in [0.5, 0.6) is 0 Å². The molecule has 0 aliphatic rings. The van der Waals surface area contributed by atoms with Crippen LogP contribution >= 0.6 is 15.9 Å². The highest BCUT2D eigenvalue weighted by Gasteiger charge is 2.20. The first-order valence-electron chi connectivity index (χ1n) is 6.60. The molecular weight excluding hydrogens is 366 g/mol. The minimum Gasteiger partial charge on any atom is -0.454 e. The molecule has 23 heavy (non-hydrogen) atoms. The van der Waals surface area contributed by atoms with E-state index in [0.29, 0.717) is 5.56 Å². The highest BCUT2D eigenvalue weighted by atomic mass is 79.9. The molecule has 7 heteroatoms. The molecule has 0 aromatic heterocycles. The van der Waals surface area contributed by atoms with Crippen molar-refractivity contribution in [3.05, 3.63) is 73.7 Å². The van der Waals surface area contributed by atoms with E-state index in [-0.39, 0.29) is 22.6 Å². The molecule has 0 radical (unpaired) electrons. The number of carbonyl (C=O) groups is 2. The summed E-state index contributed by atoms with van der Waals surface area (Å²) in [6, 6.07) is 10.8. The predicted octanol–water partition coefficient (Wildman–Crippen LogP) is 3.71. The SMILES string of the molecule is Cc1c(C(=O)OCC(=O)c2cccc(Br)c2)cccc1[N+](=O)[O-]. The number of benzene rings is 2. The van der Waals surface area contributed by atoms with Crippen LogP contribution in [0.1, 0.15) is 26.3 Å². The van der Waals surface area contributed by atoms with E-state index in [0.717, 1.165) is 4.47 Å². The van der Waals surface area contributed by atoms with Crippen LogP contribution < -0.4 is 0 Å². The number of hydrogen-bond donors (Lipinski definition) is 0. The first kappa shape index (κ1) is 16.8. The second-order valence-corrected chi connectivity index (χ2v) is 5.63. The van der Waals surface area contributed by atoms with E-state index in [2.05, 4.69) is 15.9 Å². The van der Waals surface area contributed by atoms with Gasteiger partial charge in [0.05, 0.1) is 10.5 Å². The Balaban J connectivity index is 2.10. The Bertz CT molecular complexity index is 788. The van der Waals surface area contributed by atoms with E-state index in [4.69, 9.17) is 4.74 Å². The zero-order valence-corrected chi connectivity index (χ0v) is 13.7. The predicted molar refractivity (Wildman–Crippen MR) is 86.6 cm³/mol. The van der Waals surface area contributed by atoms with Crippen LogP contribution in [0.15, 0.2) is 46.9 Å². The zero-order valence-electron chi connectivity index (χ0n) is 12.1. The lowest BCUT2D eigenvalue weighted by Gasteiger charge is -2.07. The number of Topliss-reactive ketones (excluding diaryl/α,β-unsaturated/α-hetero) is 1. The van der Waals surface area contributed by atoms with Crippen LogP contribution in [0.4, 0.5) is 5.69 Å². The van der Waals surface area contributed by atoms with E-state index in [9.17, 15) is 19.7 Å². The van der Waals surface area contributed by atoms with Crippen molar-refractivity contribution >= 4 is 33.4 Å². The minimum atomic E-state index is -0.769. The molecule has 0 saturated carbocycles. The summed E-state index contributed by atoms with van der Waals surface area (Å²) in [7, 11) is 0. The van der Waals surface area contributed by atoms with Crippen molar-refractivity contribution in [3.63, 3.8) is 0 Å². The molecule has 0 spiro atoms. The highest BCUT2D eigenvalue weighted by Crippen LogP contribution is 2.21. The second-order valence-electron chi connectivity index (χ2n) is 4.72. The number of ketones is 1. The number of nitrogens with zero attached hydrogens (tertiary/aromatic N) is 1. The van der Waals surface area contributed by atoms with Crippen LogP contribution in [0, 0.1) is 17.0 Å². The van der Waals surface area contributed by atoms with Gasteiger partial charge in [-0.15, -0.1) is 0 Å². The van der Waals surface area contributed by atoms with Crippen molar-refractivity contribution in [2.75, 3.05) is 6.61 Å². The minimum absolute atomic E-state index is 0.0706. The van der Waals surface area contributed by atoms with Crippen molar-refractivity contribution in [2.24, 2.45) is 0 Å². The molecule has 2 aromatic carbocycles. The van der Waals surface area contributed by atoms with Gasteiger partial charge >= 0.3 is 5.97 Å². The molecule has 0 aliphatic carbocycles. The van der Waals surface area contributed by atoms with E-state index in [1.165, 1.54) is 25.1 Å². The Morgan fingerprint density at radius 1 is 1.22 bits per heavy atom. The fourth-order valence-corrected chi connectivity index (χ4v) is 2.40. The van der Waals surface area contributed by atoms with Crippen LogP contribution in [0.3, 0.4) is 0 Å². The van der Waals surface area contributed by atoms with Gasteiger partial charge in [0.25, 0.3) is 5.69 Å². The van der Waals surface area contributed by atoms with E-state index in [1.807, 2.05) is 0 Å².